The van der Waals surface area contributed by atoms with Crippen LogP contribution < -0.4 is 9.44 Å². The largest absolute Gasteiger partial charge is 0.478 e. The van der Waals surface area contributed by atoms with Crippen molar-refractivity contribution in [3.63, 3.8) is 0 Å². The minimum absolute atomic E-state index is 0.00356. The highest BCUT2D eigenvalue weighted by atomic mass is 79.9. The second-order valence-corrected chi connectivity index (χ2v) is 7.33. The first-order chi connectivity index (χ1) is 8.78. The molecule has 1 aliphatic rings. The Morgan fingerprint density at radius 3 is 2.47 bits per heavy atom. The fourth-order valence-electron chi connectivity index (χ4n) is 1.43. The van der Waals surface area contributed by atoms with E-state index in [1.54, 1.807) is 6.07 Å². The summed E-state index contributed by atoms with van der Waals surface area (Å²) < 4.78 is 29.2. The molecule has 0 heterocycles. The predicted octanol–water partition coefficient (Wildman–Crippen LogP) is 2.32. The number of anilines is 1. The summed E-state index contributed by atoms with van der Waals surface area (Å²) in [5, 5.41) is 9.11. The Kier molecular flexibility index (Phi) is 4.19. The molecule has 2 rings (SSSR count). The molecule has 19 heavy (non-hydrogen) atoms. The van der Waals surface area contributed by atoms with Crippen molar-refractivity contribution in [2.45, 2.75) is 18.9 Å². The van der Waals surface area contributed by atoms with Gasteiger partial charge in [-0.15, -0.1) is 0 Å². The van der Waals surface area contributed by atoms with E-state index in [2.05, 4.69) is 41.3 Å². The van der Waals surface area contributed by atoms with Gasteiger partial charge in [0.25, 0.3) is 10.2 Å². The molecule has 3 N–H and O–H groups in total. The van der Waals surface area contributed by atoms with E-state index in [0.717, 1.165) is 12.8 Å². The van der Waals surface area contributed by atoms with Crippen molar-refractivity contribution >= 4 is 53.7 Å². The molecule has 0 spiro atoms. The first-order valence-corrected chi connectivity index (χ1v) is 8.38. The number of hydrogen-bond acceptors (Lipinski definition) is 3. The van der Waals surface area contributed by atoms with Crippen LogP contribution in [-0.2, 0) is 10.2 Å². The standard InChI is InChI=1S/C10H10Br2N2O4S/c11-5-3-7(10(15)16)9(8(12)4-5)14-19(17,18)13-6-1-2-6/h3-4,6,13-14H,1-2H2,(H,15,16). The normalized spacial score (nSPS) is 15.3. The number of carboxylic acids is 1. The number of carboxylic acid groups (broad SMARTS) is 1. The van der Waals surface area contributed by atoms with Gasteiger partial charge in [0.2, 0.25) is 0 Å². The summed E-state index contributed by atoms with van der Waals surface area (Å²) in [5.74, 6) is -1.22. The van der Waals surface area contributed by atoms with Gasteiger partial charge in [0, 0.05) is 15.0 Å². The number of rotatable bonds is 5. The van der Waals surface area contributed by atoms with Crippen molar-refractivity contribution in [1.29, 1.82) is 0 Å². The van der Waals surface area contributed by atoms with E-state index in [1.807, 2.05) is 0 Å². The summed E-state index contributed by atoms with van der Waals surface area (Å²) in [6.45, 7) is 0. The smallest absolute Gasteiger partial charge is 0.337 e. The van der Waals surface area contributed by atoms with Crippen LogP contribution in [0.25, 0.3) is 0 Å². The molecule has 0 aliphatic heterocycles. The minimum Gasteiger partial charge on any atom is -0.478 e. The van der Waals surface area contributed by atoms with Crippen LogP contribution in [0.3, 0.4) is 0 Å². The van der Waals surface area contributed by atoms with Crippen molar-refractivity contribution in [2.24, 2.45) is 0 Å². The van der Waals surface area contributed by atoms with Gasteiger partial charge < -0.3 is 5.11 Å². The van der Waals surface area contributed by atoms with E-state index >= 15 is 0 Å². The first-order valence-electron chi connectivity index (χ1n) is 5.31. The summed E-state index contributed by atoms with van der Waals surface area (Å²) in [6, 6.07) is 2.85. The lowest BCUT2D eigenvalue weighted by Crippen LogP contribution is -2.32. The molecule has 1 fully saturated rings. The number of halogens is 2. The quantitative estimate of drug-likeness (QED) is 0.690. The second-order valence-electron chi connectivity index (χ2n) is 4.11. The van der Waals surface area contributed by atoms with Gasteiger partial charge in [-0.05, 0) is 40.9 Å². The molecular formula is C10H10Br2N2O4S. The highest BCUT2D eigenvalue weighted by Gasteiger charge is 2.28. The van der Waals surface area contributed by atoms with Gasteiger partial charge in [-0.3, -0.25) is 4.72 Å². The van der Waals surface area contributed by atoms with E-state index in [0.29, 0.717) is 8.95 Å². The maximum Gasteiger partial charge on any atom is 0.337 e. The fourth-order valence-corrected chi connectivity index (χ4v) is 4.11. The molecule has 1 aromatic rings. The Balaban J connectivity index is 2.35. The fraction of sp³-hybridized carbons (Fsp3) is 0.300. The third-order valence-corrected chi connectivity index (χ3v) is 4.62. The maximum absolute atomic E-state index is 11.8. The van der Waals surface area contributed by atoms with Gasteiger partial charge in [-0.2, -0.15) is 13.1 Å². The first kappa shape index (κ1) is 14.8. The summed E-state index contributed by atoms with van der Waals surface area (Å²) in [4.78, 5) is 11.1. The predicted molar refractivity (Wildman–Crippen MR) is 77.5 cm³/mol. The molecule has 0 unspecified atom stereocenters. The van der Waals surface area contributed by atoms with E-state index in [4.69, 9.17) is 5.11 Å². The van der Waals surface area contributed by atoms with E-state index < -0.39 is 16.2 Å². The van der Waals surface area contributed by atoms with Gasteiger partial charge in [-0.25, -0.2) is 4.79 Å². The number of carbonyl (C=O) groups is 1. The molecule has 0 amide bonds. The van der Waals surface area contributed by atoms with Crippen molar-refractivity contribution in [2.75, 3.05) is 4.72 Å². The van der Waals surface area contributed by atoms with Gasteiger partial charge in [0.15, 0.2) is 0 Å². The summed E-state index contributed by atoms with van der Waals surface area (Å²) in [7, 11) is -3.77. The number of aromatic carboxylic acids is 1. The van der Waals surface area contributed by atoms with Crippen LogP contribution in [0.5, 0.6) is 0 Å². The lowest BCUT2D eigenvalue weighted by atomic mass is 10.2. The van der Waals surface area contributed by atoms with E-state index in [-0.39, 0.29) is 17.3 Å². The van der Waals surface area contributed by atoms with Crippen LogP contribution in [0.15, 0.2) is 21.1 Å². The van der Waals surface area contributed by atoms with E-state index in [9.17, 15) is 13.2 Å². The molecule has 0 atom stereocenters. The lowest BCUT2D eigenvalue weighted by Gasteiger charge is -2.13. The molecule has 1 aromatic carbocycles. The Hall–Kier alpha value is -0.640. The van der Waals surface area contributed by atoms with Crippen molar-refractivity contribution in [1.82, 2.24) is 4.72 Å². The lowest BCUT2D eigenvalue weighted by molar-refractivity contribution is 0.0698. The van der Waals surface area contributed by atoms with Gasteiger partial charge >= 0.3 is 5.97 Å². The average molecular weight is 414 g/mol. The summed E-state index contributed by atoms with van der Waals surface area (Å²) in [6.07, 6.45) is 1.60. The van der Waals surface area contributed by atoms with Crippen molar-refractivity contribution < 1.29 is 18.3 Å². The summed E-state index contributed by atoms with van der Waals surface area (Å²) >= 11 is 6.31. The average Bonchev–Trinajstić information content (AvgIpc) is 3.04. The minimum atomic E-state index is -3.77. The monoisotopic (exact) mass is 412 g/mol. The zero-order valence-electron chi connectivity index (χ0n) is 9.48. The topological polar surface area (TPSA) is 95.5 Å². The van der Waals surface area contributed by atoms with Crippen molar-refractivity contribution in [3.8, 4) is 0 Å². The molecule has 1 aliphatic carbocycles. The summed E-state index contributed by atoms with van der Waals surface area (Å²) in [5.41, 5.74) is -0.133. The SMILES string of the molecule is O=C(O)c1cc(Br)cc(Br)c1NS(=O)(=O)NC1CC1. The number of nitrogens with one attached hydrogen (secondary N) is 2. The zero-order chi connectivity index (χ0) is 14.2. The molecule has 104 valence electrons. The van der Waals surface area contributed by atoms with Crippen LogP contribution in [0, 0.1) is 0 Å². The van der Waals surface area contributed by atoms with Crippen LogP contribution in [0.1, 0.15) is 23.2 Å². The Labute approximate surface area is 127 Å². The highest BCUT2D eigenvalue weighted by Crippen LogP contribution is 2.32. The molecule has 1 saturated carbocycles. The van der Waals surface area contributed by atoms with E-state index in [1.165, 1.54) is 6.07 Å². The third kappa shape index (κ3) is 3.91. The molecule has 6 nitrogen and oxygen atoms in total. The van der Waals surface area contributed by atoms with Crippen LogP contribution >= 0.6 is 31.9 Å². The third-order valence-electron chi connectivity index (χ3n) is 2.42. The number of benzene rings is 1. The van der Waals surface area contributed by atoms with Crippen LogP contribution in [0.4, 0.5) is 5.69 Å². The Morgan fingerprint density at radius 1 is 1.32 bits per heavy atom. The van der Waals surface area contributed by atoms with Crippen LogP contribution in [-0.4, -0.2) is 25.5 Å². The van der Waals surface area contributed by atoms with Gasteiger partial charge in [0.1, 0.15) is 0 Å². The maximum atomic E-state index is 11.8. The van der Waals surface area contributed by atoms with Gasteiger partial charge in [0.05, 0.1) is 11.3 Å². The zero-order valence-corrected chi connectivity index (χ0v) is 13.5. The highest BCUT2D eigenvalue weighted by molar-refractivity contribution is 9.11. The van der Waals surface area contributed by atoms with Crippen LogP contribution in [0.2, 0.25) is 0 Å². The molecule has 0 saturated heterocycles. The van der Waals surface area contributed by atoms with Gasteiger partial charge in [-0.1, -0.05) is 15.9 Å². The molecule has 9 heteroatoms. The molecule has 0 radical (unpaired) electrons. The Morgan fingerprint density at radius 2 is 1.95 bits per heavy atom. The second kappa shape index (κ2) is 5.39. The molecule has 0 bridgehead atoms. The molecular weight excluding hydrogens is 404 g/mol. The van der Waals surface area contributed by atoms with Crippen molar-refractivity contribution in [3.05, 3.63) is 26.6 Å². The number of hydrogen-bond donors (Lipinski definition) is 3. The molecule has 0 aromatic heterocycles. The Bertz CT molecular complexity index is 629.